The third kappa shape index (κ3) is 2.74. The monoisotopic (exact) mass is 331 g/mol. The minimum Gasteiger partial charge on any atom is -0.340 e. The summed E-state index contributed by atoms with van der Waals surface area (Å²) in [5.74, 6) is 0. The van der Waals surface area contributed by atoms with Crippen molar-refractivity contribution in [2.75, 3.05) is 6.54 Å². The fraction of sp³-hybridized carbons (Fsp3) is 0.238. The van der Waals surface area contributed by atoms with Crippen LogP contribution in [0.2, 0.25) is 0 Å². The minimum atomic E-state index is 0.688. The second kappa shape index (κ2) is 6.20. The second-order valence-electron chi connectivity index (χ2n) is 6.69. The molecule has 1 amide bonds. The molecular weight excluding hydrogens is 310 g/mol. The number of carbonyl (C=O) groups is 1. The lowest BCUT2D eigenvalue weighted by molar-refractivity contribution is -0.118. The van der Waals surface area contributed by atoms with E-state index in [4.69, 9.17) is 0 Å². The number of aromatic nitrogens is 2. The topological polar surface area (TPSA) is 38.1 Å². The fourth-order valence-corrected chi connectivity index (χ4v) is 3.65. The maximum atomic E-state index is 11.2. The number of benzene rings is 1. The lowest BCUT2D eigenvalue weighted by Crippen LogP contribution is -2.29. The van der Waals surface area contributed by atoms with Gasteiger partial charge < -0.3 is 9.47 Å². The summed E-state index contributed by atoms with van der Waals surface area (Å²) >= 11 is 0. The Morgan fingerprint density at radius 1 is 1.20 bits per heavy atom. The van der Waals surface area contributed by atoms with E-state index in [1.807, 2.05) is 29.4 Å². The summed E-state index contributed by atoms with van der Waals surface area (Å²) in [6.07, 6.45) is 7.69. The summed E-state index contributed by atoms with van der Waals surface area (Å²) in [5, 5.41) is 1.25. The average molecular weight is 331 g/mol. The standard InChI is InChI=1S/C21H21N3O/c1-15-3-4-20-18(11-15)19-13-23(14-25)10-7-21(19)24(20)12-16(2)17-5-8-22-9-6-17/h3-6,8-9,11-12,14H,7,10,13H2,1-2H3/b16-12-. The highest BCUT2D eigenvalue weighted by Crippen LogP contribution is 2.32. The molecule has 0 aliphatic carbocycles. The fourth-order valence-electron chi connectivity index (χ4n) is 3.65. The number of rotatable bonds is 3. The van der Waals surface area contributed by atoms with Gasteiger partial charge in [-0.05, 0) is 49.2 Å². The van der Waals surface area contributed by atoms with E-state index < -0.39 is 0 Å². The molecule has 4 nitrogen and oxygen atoms in total. The highest BCUT2D eigenvalue weighted by molar-refractivity contribution is 5.90. The number of nitrogens with zero attached hydrogens (tertiary/aromatic N) is 3. The molecule has 0 fully saturated rings. The maximum Gasteiger partial charge on any atom is 0.210 e. The van der Waals surface area contributed by atoms with Crippen LogP contribution in [0.25, 0.3) is 22.7 Å². The van der Waals surface area contributed by atoms with E-state index in [2.05, 4.69) is 47.8 Å². The van der Waals surface area contributed by atoms with Crippen LogP contribution >= 0.6 is 0 Å². The maximum absolute atomic E-state index is 11.2. The lowest BCUT2D eigenvalue weighted by Gasteiger charge is -2.24. The Balaban J connectivity index is 1.91. The Kier molecular flexibility index (Phi) is 3.88. The van der Waals surface area contributed by atoms with E-state index in [0.29, 0.717) is 6.54 Å². The van der Waals surface area contributed by atoms with Gasteiger partial charge in [0.2, 0.25) is 6.41 Å². The van der Waals surface area contributed by atoms with Crippen LogP contribution in [-0.2, 0) is 17.8 Å². The predicted molar refractivity (Wildman–Crippen MR) is 101 cm³/mol. The van der Waals surface area contributed by atoms with Crippen molar-refractivity contribution in [1.82, 2.24) is 14.5 Å². The third-order valence-corrected chi connectivity index (χ3v) is 4.98. The van der Waals surface area contributed by atoms with Gasteiger partial charge in [0.15, 0.2) is 0 Å². The molecule has 0 saturated carbocycles. The summed E-state index contributed by atoms with van der Waals surface area (Å²) in [7, 11) is 0. The number of amides is 1. The number of carbonyl (C=O) groups excluding carboxylic acids is 1. The van der Waals surface area contributed by atoms with Gasteiger partial charge in [0.05, 0.1) is 5.52 Å². The molecule has 3 heterocycles. The van der Waals surface area contributed by atoms with E-state index in [1.54, 1.807) is 0 Å². The molecule has 4 heteroatoms. The largest absolute Gasteiger partial charge is 0.340 e. The molecule has 126 valence electrons. The van der Waals surface area contributed by atoms with Gasteiger partial charge in [-0.15, -0.1) is 0 Å². The molecule has 3 aromatic rings. The lowest BCUT2D eigenvalue weighted by atomic mass is 10.0. The summed E-state index contributed by atoms with van der Waals surface area (Å²) in [6.45, 7) is 5.70. The minimum absolute atomic E-state index is 0.688. The quantitative estimate of drug-likeness (QED) is 0.683. The van der Waals surface area contributed by atoms with Gasteiger partial charge in [-0.2, -0.15) is 0 Å². The van der Waals surface area contributed by atoms with Crippen molar-refractivity contribution >= 4 is 29.1 Å². The molecule has 25 heavy (non-hydrogen) atoms. The molecule has 1 aliphatic rings. The van der Waals surface area contributed by atoms with Crippen molar-refractivity contribution in [3.8, 4) is 0 Å². The molecule has 1 aliphatic heterocycles. The van der Waals surface area contributed by atoms with Crippen LogP contribution in [-0.4, -0.2) is 27.4 Å². The molecule has 0 atom stereocenters. The molecule has 2 aromatic heterocycles. The van der Waals surface area contributed by atoms with Crippen LogP contribution < -0.4 is 0 Å². The number of fused-ring (bicyclic) bond motifs is 3. The van der Waals surface area contributed by atoms with E-state index in [0.717, 1.165) is 19.4 Å². The molecular formula is C21H21N3O. The molecule has 4 rings (SSSR count). The van der Waals surface area contributed by atoms with Crippen molar-refractivity contribution in [2.24, 2.45) is 0 Å². The van der Waals surface area contributed by atoms with Crippen molar-refractivity contribution in [3.05, 3.63) is 65.1 Å². The number of allylic oxidation sites excluding steroid dienone is 1. The average Bonchev–Trinajstić information content (AvgIpc) is 2.95. The van der Waals surface area contributed by atoms with Gasteiger partial charge in [-0.25, -0.2) is 0 Å². The van der Waals surface area contributed by atoms with Gasteiger partial charge in [-0.1, -0.05) is 11.6 Å². The molecule has 0 spiro atoms. The van der Waals surface area contributed by atoms with Gasteiger partial charge in [0.1, 0.15) is 0 Å². The number of aryl methyl sites for hydroxylation is 1. The van der Waals surface area contributed by atoms with Crippen molar-refractivity contribution in [3.63, 3.8) is 0 Å². The summed E-state index contributed by atoms with van der Waals surface area (Å²) < 4.78 is 2.31. The Bertz CT molecular complexity index is 970. The SMILES string of the molecule is C/C(=C/n1c2c(c3cc(C)ccc31)CN(C=O)CC2)c1ccncc1. The molecule has 0 saturated heterocycles. The Morgan fingerprint density at radius 2 is 2.00 bits per heavy atom. The zero-order valence-corrected chi connectivity index (χ0v) is 14.6. The van der Waals surface area contributed by atoms with Gasteiger partial charge >= 0.3 is 0 Å². The first kappa shape index (κ1) is 15.6. The molecule has 1 aromatic carbocycles. The highest BCUT2D eigenvalue weighted by atomic mass is 16.1. The first-order valence-electron chi connectivity index (χ1n) is 8.58. The first-order chi connectivity index (χ1) is 12.2. The summed E-state index contributed by atoms with van der Waals surface area (Å²) in [4.78, 5) is 17.2. The zero-order chi connectivity index (χ0) is 17.4. The molecule has 0 N–H and O–H groups in total. The van der Waals surface area contributed by atoms with Crippen LogP contribution in [0.3, 0.4) is 0 Å². The summed E-state index contributed by atoms with van der Waals surface area (Å²) in [6, 6.07) is 10.6. The smallest absolute Gasteiger partial charge is 0.210 e. The van der Waals surface area contributed by atoms with Crippen LogP contribution in [0.15, 0.2) is 42.7 Å². The van der Waals surface area contributed by atoms with Gasteiger partial charge in [-0.3, -0.25) is 9.78 Å². The first-order valence-corrected chi connectivity index (χ1v) is 8.58. The van der Waals surface area contributed by atoms with Crippen molar-refractivity contribution in [1.29, 1.82) is 0 Å². The zero-order valence-electron chi connectivity index (χ0n) is 14.6. The molecule has 0 bridgehead atoms. The predicted octanol–water partition coefficient (Wildman–Crippen LogP) is 3.88. The van der Waals surface area contributed by atoms with Crippen LogP contribution in [0, 0.1) is 6.92 Å². The van der Waals surface area contributed by atoms with Gasteiger partial charge in [0, 0.05) is 54.7 Å². The normalized spacial score (nSPS) is 14.6. The van der Waals surface area contributed by atoms with E-state index in [-0.39, 0.29) is 0 Å². The van der Waals surface area contributed by atoms with E-state index in [1.165, 1.54) is 38.9 Å². The van der Waals surface area contributed by atoms with Crippen molar-refractivity contribution in [2.45, 2.75) is 26.8 Å². The number of hydrogen-bond donors (Lipinski definition) is 0. The molecule has 0 unspecified atom stereocenters. The third-order valence-electron chi connectivity index (χ3n) is 4.98. The number of hydrogen-bond acceptors (Lipinski definition) is 2. The van der Waals surface area contributed by atoms with Crippen LogP contribution in [0.4, 0.5) is 0 Å². The summed E-state index contributed by atoms with van der Waals surface area (Å²) in [5.41, 5.74) is 7.40. The number of pyridine rings is 1. The van der Waals surface area contributed by atoms with Gasteiger partial charge in [0.25, 0.3) is 0 Å². The van der Waals surface area contributed by atoms with Crippen LogP contribution in [0.1, 0.15) is 29.3 Å². The second-order valence-corrected chi connectivity index (χ2v) is 6.69. The van der Waals surface area contributed by atoms with Crippen LogP contribution in [0.5, 0.6) is 0 Å². The van der Waals surface area contributed by atoms with E-state index >= 15 is 0 Å². The molecule has 0 radical (unpaired) electrons. The highest BCUT2D eigenvalue weighted by Gasteiger charge is 2.22. The Labute approximate surface area is 147 Å². The van der Waals surface area contributed by atoms with E-state index in [9.17, 15) is 4.79 Å². The van der Waals surface area contributed by atoms with Crippen molar-refractivity contribution < 1.29 is 4.79 Å². The Hall–Kier alpha value is -2.88. The Morgan fingerprint density at radius 3 is 2.76 bits per heavy atom.